The van der Waals surface area contributed by atoms with Crippen molar-refractivity contribution in [3.8, 4) is 0 Å². The van der Waals surface area contributed by atoms with E-state index in [-0.39, 0.29) is 18.5 Å². The Bertz CT molecular complexity index is 838. The number of nitrogens with zero attached hydrogens (tertiary/aromatic N) is 2. The monoisotopic (exact) mass is 339 g/mol. The smallest absolute Gasteiger partial charge is 0.325 e. The van der Waals surface area contributed by atoms with E-state index < -0.39 is 5.54 Å². The van der Waals surface area contributed by atoms with Crippen molar-refractivity contribution in [3.63, 3.8) is 0 Å². The normalized spacial score (nSPS) is 22.9. The maximum absolute atomic E-state index is 13.3. The summed E-state index contributed by atoms with van der Waals surface area (Å²) in [5, 5.41) is 6.92. The van der Waals surface area contributed by atoms with Gasteiger partial charge in [0.1, 0.15) is 11.3 Å². The van der Waals surface area contributed by atoms with Crippen LogP contribution in [0.1, 0.15) is 47.4 Å². The zero-order valence-corrected chi connectivity index (χ0v) is 14.5. The number of fused-ring (bicyclic) bond motifs is 2. The van der Waals surface area contributed by atoms with Crippen molar-refractivity contribution < 1.29 is 14.1 Å². The van der Waals surface area contributed by atoms with E-state index in [4.69, 9.17) is 4.52 Å². The van der Waals surface area contributed by atoms with E-state index in [1.165, 1.54) is 4.90 Å². The molecule has 25 heavy (non-hydrogen) atoms. The zero-order chi connectivity index (χ0) is 17.6. The molecule has 1 spiro atoms. The Balaban J connectivity index is 1.74. The van der Waals surface area contributed by atoms with Gasteiger partial charge in [0.15, 0.2) is 0 Å². The fourth-order valence-electron chi connectivity index (χ4n) is 4.00. The average Bonchev–Trinajstić information content (AvgIpc) is 2.95. The van der Waals surface area contributed by atoms with Crippen molar-refractivity contribution in [2.75, 3.05) is 0 Å². The Morgan fingerprint density at radius 1 is 1.24 bits per heavy atom. The summed E-state index contributed by atoms with van der Waals surface area (Å²) in [5.74, 6) is 0.465. The molecule has 1 fully saturated rings. The van der Waals surface area contributed by atoms with Crippen LogP contribution in [0.4, 0.5) is 4.79 Å². The van der Waals surface area contributed by atoms with E-state index in [1.807, 2.05) is 25.1 Å². The molecule has 1 atom stereocenters. The third kappa shape index (κ3) is 2.35. The van der Waals surface area contributed by atoms with Crippen molar-refractivity contribution in [2.45, 2.75) is 51.6 Å². The number of benzene rings is 1. The molecule has 4 rings (SSSR count). The fourth-order valence-corrected chi connectivity index (χ4v) is 4.00. The highest BCUT2D eigenvalue weighted by atomic mass is 16.5. The first-order valence-corrected chi connectivity index (χ1v) is 8.67. The number of urea groups is 1. The summed E-state index contributed by atoms with van der Waals surface area (Å²) in [7, 11) is 0. The molecule has 2 aromatic rings. The number of amides is 3. The van der Waals surface area contributed by atoms with E-state index in [1.54, 1.807) is 6.92 Å². The molecule has 1 aromatic heterocycles. The average molecular weight is 339 g/mol. The Morgan fingerprint density at radius 2 is 2.04 bits per heavy atom. The van der Waals surface area contributed by atoms with Crippen LogP contribution in [-0.2, 0) is 23.3 Å². The molecule has 6 heteroatoms. The second-order valence-electron chi connectivity index (χ2n) is 6.89. The van der Waals surface area contributed by atoms with Gasteiger partial charge in [0, 0.05) is 5.56 Å². The topological polar surface area (TPSA) is 75.4 Å². The van der Waals surface area contributed by atoms with E-state index in [0.717, 1.165) is 36.0 Å². The number of aromatic nitrogens is 1. The van der Waals surface area contributed by atoms with Gasteiger partial charge < -0.3 is 9.84 Å². The number of hydrogen-bond acceptors (Lipinski definition) is 4. The minimum atomic E-state index is -0.941. The summed E-state index contributed by atoms with van der Waals surface area (Å²) in [6.07, 6.45) is 3.49. The number of rotatable bonds is 2. The van der Waals surface area contributed by atoms with Crippen LogP contribution < -0.4 is 5.32 Å². The molecule has 0 bridgehead atoms. The molecule has 0 saturated carbocycles. The predicted octanol–water partition coefficient (Wildman–Crippen LogP) is 2.97. The maximum atomic E-state index is 13.3. The molecule has 6 nitrogen and oxygen atoms in total. The minimum absolute atomic E-state index is 0.174. The highest BCUT2D eigenvalue weighted by Gasteiger charge is 2.53. The van der Waals surface area contributed by atoms with Gasteiger partial charge in [-0.1, -0.05) is 29.4 Å². The first kappa shape index (κ1) is 15.9. The summed E-state index contributed by atoms with van der Waals surface area (Å²) in [6, 6.07) is 7.60. The third-order valence-corrected chi connectivity index (χ3v) is 5.40. The SMILES string of the molecule is Cc1noc(C)c1CN1C(=O)NC2(CCCCc3ccccc32)C1=O. The van der Waals surface area contributed by atoms with Crippen molar-refractivity contribution in [1.29, 1.82) is 0 Å². The van der Waals surface area contributed by atoms with Crippen LogP contribution in [0, 0.1) is 13.8 Å². The Labute approximate surface area is 146 Å². The molecule has 1 aromatic carbocycles. The van der Waals surface area contributed by atoms with Crippen LogP contribution in [0.2, 0.25) is 0 Å². The predicted molar refractivity (Wildman–Crippen MR) is 90.7 cm³/mol. The zero-order valence-electron chi connectivity index (χ0n) is 14.5. The molecule has 1 unspecified atom stereocenters. The minimum Gasteiger partial charge on any atom is -0.361 e. The Morgan fingerprint density at radius 3 is 2.80 bits per heavy atom. The molecule has 2 aliphatic rings. The third-order valence-electron chi connectivity index (χ3n) is 5.40. The first-order valence-electron chi connectivity index (χ1n) is 8.67. The summed E-state index contributed by atoms with van der Waals surface area (Å²) < 4.78 is 5.17. The molecule has 0 radical (unpaired) electrons. The molecule has 1 N–H and O–H groups in total. The van der Waals surface area contributed by atoms with Crippen LogP contribution in [-0.4, -0.2) is 22.0 Å². The number of carbonyl (C=O) groups is 2. The molecule has 1 saturated heterocycles. The van der Waals surface area contributed by atoms with Gasteiger partial charge in [-0.2, -0.15) is 0 Å². The van der Waals surface area contributed by atoms with E-state index in [2.05, 4.69) is 16.5 Å². The number of carbonyl (C=O) groups excluding carboxylic acids is 2. The van der Waals surface area contributed by atoms with Gasteiger partial charge >= 0.3 is 6.03 Å². The van der Waals surface area contributed by atoms with Gasteiger partial charge in [0.05, 0.1) is 12.2 Å². The number of imide groups is 1. The van der Waals surface area contributed by atoms with Crippen molar-refractivity contribution in [1.82, 2.24) is 15.4 Å². The van der Waals surface area contributed by atoms with Gasteiger partial charge in [0.25, 0.3) is 5.91 Å². The van der Waals surface area contributed by atoms with E-state index in [0.29, 0.717) is 17.9 Å². The van der Waals surface area contributed by atoms with Crippen LogP contribution in [0.3, 0.4) is 0 Å². The van der Waals surface area contributed by atoms with Crippen LogP contribution in [0.25, 0.3) is 0 Å². The molecule has 2 heterocycles. The van der Waals surface area contributed by atoms with Crippen LogP contribution in [0.5, 0.6) is 0 Å². The molecular formula is C19H21N3O3. The molecule has 3 amide bonds. The van der Waals surface area contributed by atoms with Crippen molar-refractivity contribution in [3.05, 3.63) is 52.4 Å². The van der Waals surface area contributed by atoms with Crippen molar-refractivity contribution in [2.24, 2.45) is 0 Å². The number of nitrogens with one attached hydrogen (secondary N) is 1. The lowest BCUT2D eigenvalue weighted by atomic mass is 9.84. The van der Waals surface area contributed by atoms with Gasteiger partial charge in [-0.25, -0.2) is 4.79 Å². The van der Waals surface area contributed by atoms with Gasteiger partial charge in [0.2, 0.25) is 0 Å². The largest absolute Gasteiger partial charge is 0.361 e. The Kier molecular flexibility index (Phi) is 3.63. The van der Waals surface area contributed by atoms with E-state index in [9.17, 15) is 9.59 Å². The molecule has 130 valence electrons. The molecule has 1 aliphatic carbocycles. The molecule has 1 aliphatic heterocycles. The highest BCUT2D eigenvalue weighted by molar-refractivity contribution is 6.07. The first-order chi connectivity index (χ1) is 12.0. The van der Waals surface area contributed by atoms with Gasteiger partial charge in [-0.05, 0) is 50.7 Å². The standard InChI is InChI=1S/C19H21N3O3/c1-12-15(13(2)25-21-12)11-22-17(23)19(20-18(22)24)10-6-5-8-14-7-3-4-9-16(14)19/h3-4,7,9H,5-6,8,10-11H2,1-2H3,(H,20,24). The Hall–Kier alpha value is -2.63. The number of aryl methyl sites for hydroxylation is 3. The second kappa shape index (κ2) is 5.72. The van der Waals surface area contributed by atoms with Crippen molar-refractivity contribution >= 4 is 11.9 Å². The summed E-state index contributed by atoms with van der Waals surface area (Å²) in [4.78, 5) is 27.3. The van der Waals surface area contributed by atoms with Gasteiger partial charge in [-0.3, -0.25) is 9.69 Å². The summed E-state index contributed by atoms with van der Waals surface area (Å²) in [5.41, 5.74) is 2.64. The molecular weight excluding hydrogens is 318 g/mol. The van der Waals surface area contributed by atoms with Crippen LogP contribution in [0.15, 0.2) is 28.8 Å². The van der Waals surface area contributed by atoms with Crippen LogP contribution >= 0.6 is 0 Å². The second-order valence-corrected chi connectivity index (χ2v) is 6.89. The lowest BCUT2D eigenvalue weighted by Gasteiger charge is -2.27. The maximum Gasteiger partial charge on any atom is 0.325 e. The van der Waals surface area contributed by atoms with Gasteiger partial charge in [-0.15, -0.1) is 0 Å². The quantitative estimate of drug-likeness (QED) is 0.854. The lowest BCUT2D eigenvalue weighted by Crippen LogP contribution is -2.44. The lowest BCUT2D eigenvalue weighted by molar-refractivity contribution is -0.132. The summed E-state index contributed by atoms with van der Waals surface area (Å²) in [6.45, 7) is 3.81. The highest BCUT2D eigenvalue weighted by Crippen LogP contribution is 2.39. The number of hydrogen-bond donors (Lipinski definition) is 1. The fraction of sp³-hybridized carbons (Fsp3) is 0.421. The summed E-state index contributed by atoms with van der Waals surface area (Å²) >= 11 is 0. The van der Waals surface area contributed by atoms with E-state index >= 15 is 0 Å².